The molecule has 0 heterocycles. The zero-order valence-corrected chi connectivity index (χ0v) is 12.5. The van der Waals surface area contributed by atoms with Gasteiger partial charge in [-0.25, -0.2) is 0 Å². The molecule has 0 radical (unpaired) electrons. The lowest BCUT2D eigenvalue weighted by molar-refractivity contribution is 0.212. The quantitative estimate of drug-likeness (QED) is 0.770. The molecule has 0 fully saturated rings. The minimum Gasteiger partial charge on any atom is -0.490 e. The van der Waals surface area contributed by atoms with E-state index in [0.717, 1.165) is 43.0 Å². The van der Waals surface area contributed by atoms with Crippen LogP contribution >= 0.6 is 0 Å². The Hall–Kier alpha value is -1.48. The summed E-state index contributed by atoms with van der Waals surface area (Å²) >= 11 is 0. The predicted molar refractivity (Wildman–Crippen MR) is 82.4 cm³/mol. The number of benzene rings is 1. The third-order valence-electron chi connectivity index (χ3n) is 3.41. The normalized spacial score (nSPS) is 18.0. The summed E-state index contributed by atoms with van der Waals surface area (Å²) < 4.78 is 11.9. The molecule has 0 amide bonds. The highest BCUT2D eigenvalue weighted by Gasteiger charge is 2.16. The summed E-state index contributed by atoms with van der Waals surface area (Å²) in [6.45, 7) is 6.52. The first-order valence-electron chi connectivity index (χ1n) is 7.63. The fraction of sp³-hybridized carbons (Fsp3) is 0.529. The smallest absolute Gasteiger partial charge is 0.166 e. The van der Waals surface area contributed by atoms with Gasteiger partial charge in [-0.05, 0) is 44.9 Å². The van der Waals surface area contributed by atoms with Crippen LogP contribution < -0.4 is 14.8 Å². The number of hydrogen-bond acceptors (Lipinski definition) is 3. The molecule has 20 heavy (non-hydrogen) atoms. The molecule has 0 aromatic heterocycles. The second-order valence-corrected chi connectivity index (χ2v) is 4.97. The van der Waals surface area contributed by atoms with Crippen molar-refractivity contribution >= 4 is 0 Å². The first kappa shape index (κ1) is 14.9. The van der Waals surface area contributed by atoms with Gasteiger partial charge in [-0.2, -0.15) is 0 Å². The Morgan fingerprint density at radius 1 is 1.30 bits per heavy atom. The van der Waals surface area contributed by atoms with E-state index in [1.165, 1.54) is 6.42 Å². The molecule has 0 saturated carbocycles. The Bertz CT molecular complexity index is 443. The van der Waals surface area contributed by atoms with Gasteiger partial charge in [0.1, 0.15) is 6.10 Å². The van der Waals surface area contributed by atoms with Crippen molar-refractivity contribution in [2.45, 2.75) is 45.8 Å². The summed E-state index contributed by atoms with van der Waals surface area (Å²) in [5.74, 6) is 1.74. The number of rotatable bonds is 7. The summed E-state index contributed by atoms with van der Waals surface area (Å²) in [5.41, 5.74) is 1.16. The summed E-state index contributed by atoms with van der Waals surface area (Å²) in [4.78, 5) is 0. The molecule has 1 N–H and O–H groups in total. The lowest BCUT2D eigenvalue weighted by Gasteiger charge is -2.22. The van der Waals surface area contributed by atoms with Crippen molar-refractivity contribution in [3.8, 4) is 11.5 Å². The molecule has 1 unspecified atom stereocenters. The average Bonchev–Trinajstić information content (AvgIpc) is 2.49. The van der Waals surface area contributed by atoms with E-state index in [0.29, 0.717) is 6.61 Å². The Labute approximate surface area is 122 Å². The maximum absolute atomic E-state index is 6.22. The highest BCUT2D eigenvalue weighted by atomic mass is 16.5. The van der Waals surface area contributed by atoms with Gasteiger partial charge in [0.05, 0.1) is 6.61 Å². The molecule has 0 aliphatic heterocycles. The second-order valence-electron chi connectivity index (χ2n) is 4.97. The van der Waals surface area contributed by atoms with Crippen LogP contribution in [0.4, 0.5) is 0 Å². The number of para-hydroxylation sites is 1. The van der Waals surface area contributed by atoms with Crippen molar-refractivity contribution in [1.82, 2.24) is 5.32 Å². The average molecular weight is 275 g/mol. The van der Waals surface area contributed by atoms with E-state index in [2.05, 4.69) is 30.5 Å². The molecule has 0 spiro atoms. The van der Waals surface area contributed by atoms with Crippen LogP contribution in [0.3, 0.4) is 0 Å². The summed E-state index contributed by atoms with van der Waals surface area (Å²) in [6, 6.07) is 6.12. The molecule has 1 aliphatic carbocycles. The van der Waals surface area contributed by atoms with Gasteiger partial charge >= 0.3 is 0 Å². The van der Waals surface area contributed by atoms with Crippen molar-refractivity contribution in [1.29, 1.82) is 0 Å². The van der Waals surface area contributed by atoms with Crippen LogP contribution in [0.25, 0.3) is 0 Å². The van der Waals surface area contributed by atoms with E-state index < -0.39 is 0 Å². The molecule has 1 atom stereocenters. The Balaban J connectivity index is 2.20. The minimum absolute atomic E-state index is 0.172. The lowest BCUT2D eigenvalue weighted by atomic mass is 10.1. The molecule has 0 saturated heterocycles. The zero-order valence-electron chi connectivity index (χ0n) is 12.5. The maximum atomic E-state index is 6.22. The van der Waals surface area contributed by atoms with Gasteiger partial charge in [-0.15, -0.1) is 0 Å². The van der Waals surface area contributed by atoms with Gasteiger partial charge in [0.15, 0.2) is 11.5 Å². The topological polar surface area (TPSA) is 30.5 Å². The van der Waals surface area contributed by atoms with Gasteiger partial charge in [0, 0.05) is 12.1 Å². The molecule has 3 heteroatoms. The fourth-order valence-electron chi connectivity index (χ4n) is 2.39. The molecular formula is C17H25NO2. The molecule has 3 nitrogen and oxygen atoms in total. The van der Waals surface area contributed by atoms with Gasteiger partial charge in [-0.1, -0.05) is 25.1 Å². The Kier molecular flexibility index (Phi) is 5.93. The standard InChI is InChI=1S/C17H25NO2/c1-3-18-13-14-9-8-12-16(19-4-2)17(14)20-15-10-6-5-7-11-15/h6,8-10,12,15,18H,3-5,7,11,13H2,1-2H3. The van der Waals surface area contributed by atoms with Crippen LogP contribution in [-0.4, -0.2) is 19.3 Å². The molecule has 0 bridgehead atoms. The van der Waals surface area contributed by atoms with Crippen LogP contribution in [0.5, 0.6) is 11.5 Å². The third kappa shape index (κ3) is 4.01. The lowest BCUT2D eigenvalue weighted by Crippen LogP contribution is -2.19. The van der Waals surface area contributed by atoms with E-state index in [1.807, 2.05) is 19.1 Å². The van der Waals surface area contributed by atoms with Crippen molar-refractivity contribution < 1.29 is 9.47 Å². The summed E-state index contributed by atoms with van der Waals surface area (Å²) in [5, 5.41) is 3.36. The van der Waals surface area contributed by atoms with Crippen molar-refractivity contribution in [2.75, 3.05) is 13.2 Å². The van der Waals surface area contributed by atoms with Crippen LogP contribution in [0.2, 0.25) is 0 Å². The second kappa shape index (κ2) is 7.95. The Morgan fingerprint density at radius 2 is 2.20 bits per heavy atom. The molecule has 1 aliphatic rings. The minimum atomic E-state index is 0.172. The zero-order chi connectivity index (χ0) is 14.2. The number of allylic oxidation sites excluding steroid dienone is 1. The predicted octanol–water partition coefficient (Wildman–Crippen LogP) is 3.68. The van der Waals surface area contributed by atoms with E-state index in [4.69, 9.17) is 9.47 Å². The van der Waals surface area contributed by atoms with E-state index >= 15 is 0 Å². The fourth-order valence-corrected chi connectivity index (χ4v) is 2.39. The van der Waals surface area contributed by atoms with Crippen LogP contribution in [0, 0.1) is 0 Å². The van der Waals surface area contributed by atoms with E-state index in [1.54, 1.807) is 0 Å². The van der Waals surface area contributed by atoms with Crippen LogP contribution in [0.15, 0.2) is 30.4 Å². The van der Waals surface area contributed by atoms with Crippen molar-refractivity contribution in [3.63, 3.8) is 0 Å². The van der Waals surface area contributed by atoms with Gasteiger partial charge in [0.2, 0.25) is 0 Å². The first-order valence-corrected chi connectivity index (χ1v) is 7.63. The van der Waals surface area contributed by atoms with Crippen LogP contribution in [-0.2, 0) is 6.54 Å². The van der Waals surface area contributed by atoms with E-state index in [-0.39, 0.29) is 6.10 Å². The molecule has 1 aromatic carbocycles. The third-order valence-corrected chi connectivity index (χ3v) is 3.41. The van der Waals surface area contributed by atoms with Gasteiger partial charge < -0.3 is 14.8 Å². The number of hydrogen-bond donors (Lipinski definition) is 1. The molecular weight excluding hydrogens is 250 g/mol. The number of ether oxygens (including phenoxy) is 2. The summed E-state index contributed by atoms with van der Waals surface area (Å²) in [6.07, 6.45) is 7.99. The van der Waals surface area contributed by atoms with Crippen molar-refractivity contribution in [3.05, 3.63) is 35.9 Å². The highest BCUT2D eigenvalue weighted by Crippen LogP contribution is 2.33. The first-order chi connectivity index (χ1) is 9.85. The molecule has 1 aromatic rings. The molecule has 110 valence electrons. The SMILES string of the molecule is CCNCc1cccc(OCC)c1OC1C=CCCC1. The monoisotopic (exact) mass is 275 g/mol. The number of nitrogens with one attached hydrogen (secondary N) is 1. The van der Waals surface area contributed by atoms with Gasteiger partial charge in [0.25, 0.3) is 0 Å². The van der Waals surface area contributed by atoms with Crippen LogP contribution in [0.1, 0.15) is 38.7 Å². The van der Waals surface area contributed by atoms with E-state index in [9.17, 15) is 0 Å². The van der Waals surface area contributed by atoms with Gasteiger partial charge in [-0.3, -0.25) is 0 Å². The summed E-state index contributed by atoms with van der Waals surface area (Å²) in [7, 11) is 0. The maximum Gasteiger partial charge on any atom is 0.166 e. The molecule has 2 rings (SSSR count). The largest absolute Gasteiger partial charge is 0.490 e. The van der Waals surface area contributed by atoms with Crippen molar-refractivity contribution in [2.24, 2.45) is 0 Å². The Morgan fingerprint density at radius 3 is 2.90 bits per heavy atom. The highest BCUT2D eigenvalue weighted by molar-refractivity contribution is 5.47.